The van der Waals surface area contributed by atoms with Crippen LogP contribution in [0.1, 0.15) is 51.2 Å². The summed E-state index contributed by atoms with van der Waals surface area (Å²) in [5.74, 6) is 0.622. The summed E-state index contributed by atoms with van der Waals surface area (Å²) < 4.78 is 0. The molecule has 0 bridgehead atoms. The van der Waals surface area contributed by atoms with Gasteiger partial charge in [-0.15, -0.1) is 0 Å². The van der Waals surface area contributed by atoms with Gasteiger partial charge in [0.2, 0.25) is 0 Å². The van der Waals surface area contributed by atoms with E-state index in [9.17, 15) is 0 Å². The zero-order valence-corrected chi connectivity index (χ0v) is 10.4. The highest BCUT2D eigenvalue weighted by atomic mass is 14.5. The average Bonchev–Trinajstić information content (AvgIpc) is 2.15. The van der Waals surface area contributed by atoms with Crippen molar-refractivity contribution in [1.29, 1.82) is 0 Å². The monoisotopic (exact) mass is 205 g/mol. The minimum Gasteiger partial charge on any atom is -0.326 e. The van der Waals surface area contributed by atoms with Gasteiger partial charge in [-0.3, -0.25) is 0 Å². The zero-order valence-electron chi connectivity index (χ0n) is 10.4. The standard InChI is InChI=1S/C14H23N/c1-11(9-14(2,3)4)13-7-5-12(10-15)6-8-13/h5-8,11H,9-10,15H2,1-4H3/t11-/m0/s1. The topological polar surface area (TPSA) is 26.0 Å². The lowest BCUT2D eigenvalue weighted by atomic mass is 9.82. The van der Waals surface area contributed by atoms with Gasteiger partial charge in [0, 0.05) is 6.54 Å². The van der Waals surface area contributed by atoms with E-state index in [1.165, 1.54) is 17.5 Å². The van der Waals surface area contributed by atoms with Crippen molar-refractivity contribution in [1.82, 2.24) is 0 Å². The maximum atomic E-state index is 5.58. The van der Waals surface area contributed by atoms with Crippen LogP contribution in [0.5, 0.6) is 0 Å². The molecule has 0 fully saturated rings. The Hall–Kier alpha value is -0.820. The normalized spacial score (nSPS) is 13.9. The molecular weight excluding hydrogens is 182 g/mol. The largest absolute Gasteiger partial charge is 0.326 e. The first-order chi connectivity index (χ1) is 6.92. The third-order valence-electron chi connectivity index (χ3n) is 2.70. The van der Waals surface area contributed by atoms with E-state index in [-0.39, 0.29) is 0 Å². The number of benzene rings is 1. The van der Waals surface area contributed by atoms with Crippen molar-refractivity contribution in [2.24, 2.45) is 11.1 Å². The fourth-order valence-corrected chi connectivity index (χ4v) is 2.02. The van der Waals surface area contributed by atoms with Crippen LogP contribution in [0.15, 0.2) is 24.3 Å². The van der Waals surface area contributed by atoms with E-state index >= 15 is 0 Å². The Morgan fingerprint density at radius 3 is 2.07 bits per heavy atom. The van der Waals surface area contributed by atoms with Gasteiger partial charge in [0.25, 0.3) is 0 Å². The molecule has 1 aromatic carbocycles. The highest BCUT2D eigenvalue weighted by molar-refractivity contribution is 5.25. The van der Waals surface area contributed by atoms with E-state index in [2.05, 4.69) is 52.0 Å². The second-order valence-corrected chi connectivity index (χ2v) is 5.61. The van der Waals surface area contributed by atoms with E-state index in [1.807, 2.05) is 0 Å². The number of rotatable bonds is 3. The van der Waals surface area contributed by atoms with Crippen molar-refractivity contribution < 1.29 is 0 Å². The van der Waals surface area contributed by atoms with Gasteiger partial charge in [0.05, 0.1) is 0 Å². The average molecular weight is 205 g/mol. The molecule has 0 aliphatic carbocycles. The van der Waals surface area contributed by atoms with Crippen LogP contribution in [-0.2, 0) is 6.54 Å². The van der Waals surface area contributed by atoms with Crippen LogP contribution in [0.4, 0.5) is 0 Å². The zero-order chi connectivity index (χ0) is 11.5. The van der Waals surface area contributed by atoms with Crippen LogP contribution in [0, 0.1) is 5.41 Å². The Balaban J connectivity index is 2.70. The van der Waals surface area contributed by atoms with Gasteiger partial charge in [-0.2, -0.15) is 0 Å². The molecule has 0 saturated carbocycles. The molecule has 0 unspecified atom stereocenters. The number of hydrogen-bond donors (Lipinski definition) is 1. The van der Waals surface area contributed by atoms with Crippen molar-refractivity contribution >= 4 is 0 Å². The first-order valence-electron chi connectivity index (χ1n) is 5.71. The van der Waals surface area contributed by atoms with Crippen LogP contribution in [0.3, 0.4) is 0 Å². The highest BCUT2D eigenvalue weighted by Gasteiger charge is 2.16. The van der Waals surface area contributed by atoms with Crippen LogP contribution < -0.4 is 5.73 Å². The summed E-state index contributed by atoms with van der Waals surface area (Å²) in [6.07, 6.45) is 1.22. The summed E-state index contributed by atoms with van der Waals surface area (Å²) in [6, 6.07) is 8.68. The molecule has 0 radical (unpaired) electrons. The fraction of sp³-hybridized carbons (Fsp3) is 0.571. The van der Waals surface area contributed by atoms with Gasteiger partial charge in [0.15, 0.2) is 0 Å². The van der Waals surface area contributed by atoms with E-state index in [4.69, 9.17) is 5.73 Å². The third-order valence-corrected chi connectivity index (χ3v) is 2.70. The van der Waals surface area contributed by atoms with Crippen LogP contribution in [-0.4, -0.2) is 0 Å². The quantitative estimate of drug-likeness (QED) is 0.800. The van der Waals surface area contributed by atoms with Crippen molar-refractivity contribution in [2.75, 3.05) is 0 Å². The molecule has 1 aromatic rings. The Bertz CT molecular complexity index is 292. The molecule has 0 aromatic heterocycles. The molecule has 15 heavy (non-hydrogen) atoms. The molecule has 2 N–H and O–H groups in total. The Morgan fingerprint density at radius 1 is 1.13 bits per heavy atom. The van der Waals surface area contributed by atoms with Crippen molar-refractivity contribution in [3.8, 4) is 0 Å². The summed E-state index contributed by atoms with van der Waals surface area (Å²) in [6.45, 7) is 9.80. The SMILES string of the molecule is C[C@@H](CC(C)(C)C)c1ccc(CN)cc1. The molecule has 0 aliphatic heterocycles. The lowest BCUT2D eigenvalue weighted by molar-refractivity contribution is 0.349. The minimum atomic E-state index is 0.395. The maximum Gasteiger partial charge on any atom is 0.0178 e. The summed E-state index contributed by atoms with van der Waals surface area (Å²) in [7, 11) is 0. The first kappa shape index (κ1) is 12.3. The van der Waals surface area contributed by atoms with Gasteiger partial charge < -0.3 is 5.73 Å². The second kappa shape index (κ2) is 4.80. The van der Waals surface area contributed by atoms with E-state index in [0.717, 1.165) is 0 Å². The molecule has 1 nitrogen and oxygen atoms in total. The number of hydrogen-bond acceptors (Lipinski definition) is 1. The van der Waals surface area contributed by atoms with Crippen LogP contribution >= 0.6 is 0 Å². The minimum absolute atomic E-state index is 0.395. The molecule has 84 valence electrons. The summed E-state index contributed by atoms with van der Waals surface area (Å²) in [5, 5.41) is 0. The van der Waals surface area contributed by atoms with Gasteiger partial charge in [-0.05, 0) is 28.9 Å². The van der Waals surface area contributed by atoms with E-state index < -0.39 is 0 Å². The molecule has 0 spiro atoms. The lowest BCUT2D eigenvalue weighted by Gasteiger charge is -2.23. The smallest absolute Gasteiger partial charge is 0.0178 e. The summed E-state index contributed by atoms with van der Waals surface area (Å²) >= 11 is 0. The summed E-state index contributed by atoms with van der Waals surface area (Å²) in [5.41, 5.74) is 8.60. The van der Waals surface area contributed by atoms with Gasteiger partial charge in [-0.1, -0.05) is 52.0 Å². The molecule has 1 heteroatoms. The van der Waals surface area contributed by atoms with Crippen molar-refractivity contribution in [3.05, 3.63) is 35.4 Å². The number of nitrogens with two attached hydrogens (primary N) is 1. The Labute approximate surface area is 93.7 Å². The molecule has 1 rings (SSSR count). The molecular formula is C14H23N. The molecule has 0 heterocycles. The van der Waals surface area contributed by atoms with Crippen LogP contribution in [0.25, 0.3) is 0 Å². The van der Waals surface area contributed by atoms with Gasteiger partial charge in [0.1, 0.15) is 0 Å². The predicted octanol–water partition coefficient (Wildman–Crippen LogP) is 3.69. The second-order valence-electron chi connectivity index (χ2n) is 5.61. The Kier molecular flexibility index (Phi) is 3.92. The fourth-order valence-electron chi connectivity index (χ4n) is 2.02. The highest BCUT2D eigenvalue weighted by Crippen LogP contribution is 2.30. The maximum absolute atomic E-state index is 5.58. The van der Waals surface area contributed by atoms with Crippen molar-refractivity contribution in [3.63, 3.8) is 0 Å². The third kappa shape index (κ3) is 4.05. The van der Waals surface area contributed by atoms with Gasteiger partial charge in [-0.25, -0.2) is 0 Å². The predicted molar refractivity (Wildman–Crippen MR) is 66.8 cm³/mol. The van der Waals surface area contributed by atoms with Gasteiger partial charge >= 0.3 is 0 Å². The molecule has 1 atom stereocenters. The van der Waals surface area contributed by atoms with E-state index in [1.54, 1.807) is 0 Å². The lowest BCUT2D eigenvalue weighted by Crippen LogP contribution is -2.10. The van der Waals surface area contributed by atoms with Crippen LogP contribution in [0.2, 0.25) is 0 Å². The first-order valence-corrected chi connectivity index (χ1v) is 5.71. The molecule has 0 saturated heterocycles. The molecule has 0 aliphatic rings. The Morgan fingerprint density at radius 2 is 1.67 bits per heavy atom. The molecule has 0 amide bonds. The van der Waals surface area contributed by atoms with E-state index in [0.29, 0.717) is 17.9 Å². The van der Waals surface area contributed by atoms with Crippen molar-refractivity contribution in [2.45, 2.75) is 46.6 Å². The summed E-state index contributed by atoms with van der Waals surface area (Å²) in [4.78, 5) is 0.